The van der Waals surface area contributed by atoms with Gasteiger partial charge in [-0.05, 0) is 25.0 Å². The van der Waals surface area contributed by atoms with E-state index in [9.17, 15) is 13.2 Å². The second kappa shape index (κ2) is 6.92. The number of aromatic nitrogens is 2. The molecular formula is C17H23N3O3S2. The summed E-state index contributed by atoms with van der Waals surface area (Å²) in [5.41, 5.74) is 0.777. The lowest BCUT2D eigenvalue weighted by Gasteiger charge is -2.34. The zero-order valence-corrected chi connectivity index (χ0v) is 16.3. The summed E-state index contributed by atoms with van der Waals surface area (Å²) in [5.74, 6) is 0.240. The molecule has 3 rings (SSSR count). The molecule has 1 amide bonds. The third kappa shape index (κ3) is 3.79. The molecule has 0 bridgehead atoms. The highest BCUT2D eigenvalue weighted by molar-refractivity contribution is 7.91. The number of rotatable bonds is 4. The largest absolute Gasteiger partial charge is 0.329 e. The molecule has 136 valence electrons. The number of hydrogen-bond acceptors (Lipinski definition) is 5. The highest BCUT2D eigenvalue weighted by Gasteiger charge is 2.36. The van der Waals surface area contributed by atoms with Crippen molar-refractivity contribution in [1.82, 2.24) is 14.7 Å². The fraction of sp³-hybridized carbons (Fsp3) is 0.529. The van der Waals surface area contributed by atoms with Crippen LogP contribution >= 0.6 is 11.3 Å². The monoisotopic (exact) mass is 381 g/mol. The van der Waals surface area contributed by atoms with Crippen LogP contribution in [-0.2, 0) is 16.4 Å². The second-order valence-electron chi connectivity index (χ2n) is 6.61. The minimum absolute atomic E-state index is 0.0135. The molecule has 0 aromatic carbocycles. The number of amides is 1. The molecule has 1 aliphatic rings. The van der Waals surface area contributed by atoms with E-state index in [1.165, 1.54) is 11.3 Å². The molecule has 8 heteroatoms. The van der Waals surface area contributed by atoms with E-state index < -0.39 is 15.9 Å². The normalized spacial score (nSPS) is 20.2. The lowest BCUT2D eigenvalue weighted by molar-refractivity contribution is 0.0702. The van der Waals surface area contributed by atoms with E-state index in [1.807, 2.05) is 25.3 Å². The van der Waals surface area contributed by atoms with Crippen molar-refractivity contribution < 1.29 is 13.2 Å². The van der Waals surface area contributed by atoms with Crippen LogP contribution in [0.5, 0.6) is 0 Å². The first-order chi connectivity index (χ1) is 11.8. The average molecular weight is 382 g/mol. The van der Waals surface area contributed by atoms with Gasteiger partial charge in [0.15, 0.2) is 9.84 Å². The number of thiophene rings is 1. The maximum absolute atomic E-state index is 13.0. The van der Waals surface area contributed by atoms with Crippen molar-refractivity contribution in [2.75, 3.05) is 18.1 Å². The maximum Gasteiger partial charge on any atom is 0.264 e. The zero-order valence-electron chi connectivity index (χ0n) is 14.7. The molecule has 0 radical (unpaired) electrons. The summed E-state index contributed by atoms with van der Waals surface area (Å²) >= 11 is 1.49. The Bertz CT molecular complexity index is 867. The lowest BCUT2D eigenvalue weighted by atomic mass is 10.1. The second-order valence-corrected chi connectivity index (χ2v) is 9.96. The summed E-state index contributed by atoms with van der Waals surface area (Å²) in [6, 6.07) is 3.35. The Kier molecular flexibility index (Phi) is 5.02. The van der Waals surface area contributed by atoms with Gasteiger partial charge in [-0.15, -0.1) is 11.3 Å². The van der Waals surface area contributed by atoms with E-state index in [4.69, 9.17) is 0 Å². The molecule has 1 saturated heterocycles. The molecule has 6 nitrogen and oxygen atoms in total. The first-order valence-electron chi connectivity index (χ1n) is 8.44. The first kappa shape index (κ1) is 18.1. The first-order valence-corrected chi connectivity index (χ1v) is 11.1. The number of hydrogen-bond donors (Lipinski definition) is 0. The van der Waals surface area contributed by atoms with Gasteiger partial charge in [0.1, 0.15) is 0 Å². The van der Waals surface area contributed by atoms with E-state index in [0.29, 0.717) is 17.3 Å². The molecule has 0 spiro atoms. The fourth-order valence-corrected chi connectivity index (χ4v) is 5.43. The number of aryl methyl sites for hydroxylation is 1. The molecule has 0 aliphatic carbocycles. The molecule has 25 heavy (non-hydrogen) atoms. The van der Waals surface area contributed by atoms with Gasteiger partial charge in [0, 0.05) is 29.7 Å². The van der Waals surface area contributed by atoms with Crippen molar-refractivity contribution in [3.8, 4) is 0 Å². The summed E-state index contributed by atoms with van der Waals surface area (Å²) in [7, 11) is -3.16. The molecule has 1 unspecified atom stereocenters. The van der Waals surface area contributed by atoms with Crippen LogP contribution in [0.2, 0.25) is 0 Å². The highest BCUT2D eigenvalue weighted by Crippen LogP contribution is 2.31. The van der Waals surface area contributed by atoms with Crippen molar-refractivity contribution in [2.24, 2.45) is 0 Å². The van der Waals surface area contributed by atoms with Crippen LogP contribution in [0.1, 0.15) is 52.8 Å². The highest BCUT2D eigenvalue weighted by atomic mass is 32.2. The smallest absolute Gasteiger partial charge is 0.264 e. The Morgan fingerprint density at radius 2 is 2.16 bits per heavy atom. The number of sulfone groups is 1. The van der Waals surface area contributed by atoms with Gasteiger partial charge in [-0.2, -0.15) is 5.10 Å². The molecule has 3 heterocycles. The van der Waals surface area contributed by atoms with Crippen LogP contribution in [0.4, 0.5) is 0 Å². The van der Waals surface area contributed by atoms with Crippen molar-refractivity contribution in [2.45, 2.75) is 39.3 Å². The summed E-state index contributed by atoms with van der Waals surface area (Å²) < 4.78 is 26.0. The minimum Gasteiger partial charge on any atom is -0.329 e. The van der Waals surface area contributed by atoms with E-state index in [0.717, 1.165) is 10.4 Å². The van der Waals surface area contributed by atoms with Crippen molar-refractivity contribution in [3.05, 3.63) is 39.8 Å². The SMILES string of the molecule is CCn1cc(C2CS(=O)(=O)CCN2C(=O)c2ccc(C(C)C)s2)cn1. The van der Waals surface area contributed by atoms with E-state index in [1.54, 1.807) is 15.8 Å². The third-order valence-corrected chi connectivity index (χ3v) is 7.46. The van der Waals surface area contributed by atoms with Gasteiger partial charge in [0.25, 0.3) is 5.91 Å². The molecule has 1 aliphatic heterocycles. The van der Waals surface area contributed by atoms with Gasteiger partial charge in [-0.25, -0.2) is 8.42 Å². The number of carbonyl (C=O) groups is 1. The average Bonchev–Trinajstić information content (AvgIpc) is 3.23. The van der Waals surface area contributed by atoms with Crippen LogP contribution < -0.4 is 0 Å². The topological polar surface area (TPSA) is 72.3 Å². The number of carbonyl (C=O) groups excluding carboxylic acids is 1. The van der Waals surface area contributed by atoms with Gasteiger partial charge < -0.3 is 4.90 Å². The fourth-order valence-electron chi connectivity index (χ4n) is 2.97. The maximum atomic E-state index is 13.0. The number of nitrogens with zero attached hydrogens (tertiary/aromatic N) is 3. The summed E-state index contributed by atoms with van der Waals surface area (Å²) in [6.07, 6.45) is 3.50. The molecule has 1 atom stereocenters. The van der Waals surface area contributed by atoms with Crippen LogP contribution in [0.3, 0.4) is 0 Å². The molecule has 2 aromatic rings. The van der Waals surface area contributed by atoms with E-state index >= 15 is 0 Å². The Morgan fingerprint density at radius 3 is 2.76 bits per heavy atom. The van der Waals surface area contributed by atoms with Crippen LogP contribution in [-0.4, -0.2) is 47.1 Å². The van der Waals surface area contributed by atoms with Crippen LogP contribution in [0.15, 0.2) is 24.5 Å². The van der Waals surface area contributed by atoms with Gasteiger partial charge >= 0.3 is 0 Å². The Morgan fingerprint density at radius 1 is 1.40 bits per heavy atom. The Balaban J connectivity index is 1.92. The summed E-state index contributed by atoms with van der Waals surface area (Å²) in [4.78, 5) is 16.5. The van der Waals surface area contributed by atoms with E-state index in [2.05, 4.69) is 18.9 Å². The van der Waals surface area contributed by atoms with Crippen LogP contribution in [0.25, 0.3) is 0 Å². The van der Waals surface area contributed by atoms with Crippen molar-refractivity contribution >= 4 is 27.1 Å². The van der Waals surface area contributed by atoms with Gasteiger partial charge in [0.2, 0.25) is 0 Å². The predicted molar refractivity (Wildman–Crippen MR) is 98.7 cm³/mol. The molecule has 2 aromatic heterocycles. The molecule has 1 fully saturated rings. The Hall–Kier alpha value is -1.67. The van der Waals surface area contributed by atoms with Crippen molar-refractivity contribution in [1.29, 1.82) is 0 Å². The molecular weight excluding hydrogens is 358 g/mol. The molecule has 0 saturated carbocycles. The van der Waals surface area contributed by atoms with Gasteiger partial charge in [-0.3, -0.25) is 9.48 Å². The summed E-state index contributed by atoms with van der Waals surface area (Å²) in [6.45, 7) is 7.08. The van der Waals surface area contributed by atoms with Gasteiger partial charge in [-0.1, -0.05) is 13.8 Å². The third-order valence-electron chi connectivity index (χ3n) is 4.46. The van der Waals surface area contributed by atoms with E-state index in [-0.39, 0.29) is 24.0 Å². The zero-order chi connectivity index (χ0) is 18.2. The lowest BCUT2D eigenvalue weighted by Crippen LogP contribution is -2.45. The summed E-state index contributed by atoms with van der Waals surface area (Å²) in [5, 5.41) is 4.24. The quantitative estimate of drug-likeness (QED) is 0.816. The Labute approximate surface area is 152 Å². The predicted octanol–water partition coefficient (Wildman–Crippen LogP) is 2.70. The van der Waals surface area contributed by atoms with Crippen LogP contribution in [0, 0.1) is 0 Å². The minimum atomic E-state index is -3.16. The molecule has 0 N–H and O–H groups in total. The standard InChI is InChI=1S/C17H23N3O3S2/c1-4-19-10-13(9-18-19)14-11-25(22,23)8-7-20(14)17(21)16-6-5-15(24-16)12(2)3/h5-6,9-10,12,14H,4,7-8,11H2,1-3H3. The van der Waals surface area contributed by atoms with Gasteiger partial charge in [0.05, 0.1) is 28.6 Å². The van der Waals surface area contributed by atoms with Crippen molar-refractivity contribution in [3.63, 3.8) is 0 Å².